The Labute approximate surface area is 218 Å². The molecule has 2 atom stereocenters. The molecule has 34 heavy (non-hydrogen) atoms. The molecule has 0 amide bonds. The molecule has 5 rings (SSSR count). The van der Waals surface area contributed by atoms with Gasteiger partial charge in [0.05, 0.1) is 17.8 Å². The van der Waals surface area contributed by atoms with Crippen LogP contribution in [0.1, 0.15) is 40.3 Å². The zero-order valence-corrected chi connectivity index (χ0v) is 22.2. The number of pyridine rings is 1. The monoisotopic (exact) mass is 550 g/mol. The average Bonchev–Trinajstić information content (AvgIpc) is 3.27. The van der Waals surface area contributed by atoms with Crippen LogP contribution in [0.5, 0.6) is 0 Å². The number of hydrogen-bond donors (Lipinski definition) is 1. The summed E-state index contributed by atoms with van der Waals surface area (Å²) in [4.78, 5) is 6.91. The number of aromatic nitrogens is 2. The molecule has 2 aromatic carbocycles. The zero-order valence-electron chi connectivity index (χ0n) is 19.1. The third-order valence-corrected chi connectivity index (χ3v) is 7.65. The molecule has 1 saturated heterocycles. The normalized spacial score (nSPS) is 17.8. The smallest absolute Gasteiger partial charge is 0.174 e. The highest BCUT2D eigenvalue weighted by atomic mass is 79.9. The van der Waals surface area contributed by atoms with Gasteiger partial charge in [-0.05, 0) is 93.1 Å². The van der Waals surface area contributed by atoms with Gasteiger partial charge >= 0.3 is 0 Å². The Morgan fingerprint density at radius 2 is 1.71 bits per heavy atom. The van der Waals surface area contributed by atoms with Crippen molar-refractivity contribution in [3.05, 3.63) is 111 Å². The van der Waals surface area contributed by atoms with Crippen LogP contribution >= 0.6 is 39.7 Å². The molecule has 0 unspecified atom stereocenters. The maximum absolute atomic E-state index is 6.35. The van der Waals surface area contributed by atoms with E-state index in [0.29, 0.717) is 5.11 Å². The number of benzene rings is 2. The summed E-state index contributed by atoms with van der Waals surface area (Å²) >= 11 is 15.8. The number of halogens is 2. The van der Waals surface area contributed by atoms with Gasteiger partial charge in [-0.2, -0.15) is 0 Å². The van der Waals surface area contributed by atoms with Crippen LogP contribution in [0, 0.1) is 20.8 Å². The van der Waals surface area contributed by atoms with Crippen molar-refractivity contribution in [2.75, 3.05) is 4.90 Å². The molecule has 3 heterocycles. The average molecular weight is 552 g/mol. The third-order valence-electron chi connectivity index (χ3n) is 6.57. The molecule has 1 fully saturated rings. The van der Waals surface area contributed by atoms with E-state index in [0.717, 1.165) is 32.3 Å². The van der Waals surface area contributed by atoms with Gasteiger partial charge in [0.25, 0.3) is 0 Å². The number of thiocarbonyl (C=S) groups is 1. The summed E-state index contributed by atoms with van der Waals surface area (Å²) in [5.74, 6) is 0. The maximum Gasteiger partial charge on any atom is 0.174 e. The zero-order chi connectivity index (χ0) is 24.0. The third kappa shape index (κ3) is 3.94. The lowest BCUT2D eigenvalue weighted by molar-refractivity contribution is 0.563. The molecule has 1 N–H and O–H groups in total. The van der Waals surface area contributed by atoms with Crippen molar-refractivity contribution in [2.24, 2.45) is 0 Å². The summed E-state index contributed by atoms with van der Waals surface area (Å²) in [5, 5.41) is 4.97. The van der Waals surface area contributed by atoms with Gasteiger partial charge < -0.3 is 14.8 Å². The summed E-state index contributed by atoms with van der Waals surface area (Å²) in [6, 6.07) is 22.1. The first kappa shape index (κ1) is 23.1. The van der Waals surface area contributed by atoms with Crippen molar-refractivity contribution in [1.82, 2.24) is 14.9 Å². The Morgan fingerprint density at radius 1 is 0.941 bits per heavy atom. The number of nitrogens with zero attached hydrogens (tertiary/aromatic N) is 3. The van der Waals surface area contributed by atoms with E-state index in [2.05, 4.69) is 75.8 Å². The molecular weight excluding hydrogens is 528 g/mol. The molecule has 0 bridgehead atoms. The van der Waals surface area contributed by atoms with Crippen molar-refractivity contribution >= 4 is 50.5 Å². The second kappa shape index (κ2) is 9.17. The lowest BCUT2D eigenvalue weighted by atomic mass is 9.93. The predicted octanol–water partition coefficient (Wildman–Crippen LogP) is 7.39. The topological polar surface area (TPSA) is 33.1 Å². The van der Waals surface area contributed by atoms with E-state index in [-0.39, 0.29) is 12.1 Å². The quantitative estimate of drug-likeness (QED) is 0.268. The van der Waals surface area contributed by atoms with E-state index in [4.69, 9.17) is 28.8 Å². The summed E-state index contributed by atoms with van der Waals surface area (Å²) in [7, 11) is 0. The SMILES string of the molecule is Cc1c([C@@H]2[C@@H](c3ccccn3)NC(=S)N2c2ccc(Br)cc2)c(C)n(-c2cccc(Cl)c2)c1C. The molecule has 4 nitrogen and oxygen atoms in total. The predicted molar refractivity (Wildman–Crippen MR) is 147 cm³/mol. The Hall–Kier alpha value is -2.67. The van der Waals surface area contributed by atoms with Crippen molar-refractivity contribution < 1.29 is 0 Å². The molecule has 7 heteroatoms. The van der Waals surface area contributed by atoms with Crippen molar-refractivity contribution in [3.63, 3.8) is 0 Å². The Kier molecular flexibility index (Phi) is 6.23. The Balaban J connectivity index is 1.73. The van der Waals surface area contributed by atoms with Gasteiger partial charge in [-0.15, -0.1) is 0 Å². The molecule has 0 spiro atoms. The number of anilines is 1. The van der Waals surface area contributed by atoms with Gasteiger partial charge in [-0.3, -0.25) is 4.98 Å². The van der Waals surface area contributed by atoms with Gasteiger partial charge in [0.1, 0.15) is 0 Å². The molecule has 0 saturated carbocycles. The highest BCUT2D eigenvalue weighted by Gasteiger charge is 2.43. The fourth-order valence-electron chi connectivity index (χ4n) is 4.97. The second-order valence-corrected chi connectivity index (χ2v) is 10.2. The number of nitrogens with one attached hydrogen (secondary N) is 1. The summed E-state index contributed by atoms with van der Waals surface area (Å²) < 4.78 is 3.31. The first-order valence-electron chi connectivity index (χ1n) is 11.1. The summed E-state index contributed by atoms with van der Waals surface area (Å²) in [6.07, 6.45) is 1.83. The minimum Gasteiger partial charge on any atom is -0.351 e. The fourth-order valence-corrected chi connectivity index (χ4v) is 5.77. The molecule has 1 aliphatic rings. The summed E-state index contributed by atoms with van der Waals surface area (Å²) in [5.41, 5.74) is 7.87. The molecule has 1 aliphatic heterocycles. The van der Waals surface area contributed by atoms with Gasteiger partial charge in [0.15, 0.2) is 5.11 Å². The first-order valence-corrected chi connectivity index (χ1v) is 12.7. The Bertz CT molecular complexity index is 1370. The minimum absolute atomic E-state index is 0.0669. The van der Waals surface area contributed by atoms with Crippen LogP contribution in [-0.4, -0.2) is 14.7 Å². The fraction of sp³-hybridized carbons (Fsp3) is 0.185. The van der Waals surface area contributed by atoms with Crippen LogP contribution in [0.15, 0.2) is 77.4 Å². The molecule has 2 aromatic heterocycles. The van der Waals surface area contributed by atoms with E-state index in [1.807, 2.05) is 48.7 Å². The van der Waals surface area contributed by atoms with E-state index >= 15 is 0 Å². The minimum atomic E-state index is -0.0932. The van der Waals surface area contributed by atoms with Crippen molar-refractivity contribution in [3.8, 4) is 5.69 Å². The second-order valence-electron chi connectivity index (χ2n) is 8.50. The van der Waals surface area contributed by atoms with Gasteiger partial charge in [0.2, 0.25) is 0 Å². The van der Waals surface area contributed by atoms with Crippen LogP contribution in [-0.2, 0) is 0 Å². The van der Waals surface area contributed by atoms with E-state index < -0.39 is 0 Å². The first-order chi connectivity index (χ1) is 16.4. The van der Waals surface area contributed by atoms with E-state index in [1.165, 1.54) is 16.8 Å². The van der Waals surface area contributed by atoms with Crippen molar-refractivity contribution in [1.29, 1.82) is 0 Å². The van der Waals surface area contributed by atoms with Crippen LogP contribution < -0.4 is 10.2 Å². The van der Waals surface area contributed by atoms with Gasteiger partial charge in [-0.25, -0.2) is 0 Å². The number of hydrogen-bond acceptors (Lipinski definition) is 2. The lowest BCUT2D eigenvalue weighted by Crippen LogP contribution is -2.29. The molecule has 0 radical (unpaired) electrons. The Morgan fingerprint density at radius 3 is 2.38 bits per heavy atom. The molecular formula is C27H24BrClN4S. The molecule has 172 valence electrons. The molecule has 4 aromatic rings. The van der Waals surface area contributed by atoms with E-state index in [9.17, 15) is 0 Å². The van der Waals surface area contributed by atoms with Crippen LogP contribution in [0.2, 0.25) is 5.02 Å². The van der Waals surface area contributed by atoms with Crippen LogP contribution in [0.25, 0.3) is 5.69 Å². The van der Waals surface area contributed by atoms with Gasteiger partial charge in [0, 0.05) is 44.0 Å². The number of rotatable bonds is 4. The highest BCUT2D eigenvalue weighted by Crippen LogP contribution is 2.45. The lowest BCUT2D eigenvalue weighted by Gasteiger charge is -2.29. The van der Waals surface area contributed by atoms with Crippen LogP contribution in [0.3, 0.4) is 0 Å². The summed E-state index contributed by atoms with van der Waals surface area (Å²) in [6.45, 7) is 6.52. The highest BCUT2D eigenvalue weighted by molar-refractivity contribution is 9.10. The largest absolute Gasteiger partial charge is 0.351 e. The van der Waals surface area contributed by atoms with Gasteiger partial charge in [-0.1, -0.05) is 39.7 Å². The standard InChI is InChI=1S/C27H24BrClN4S/c1-16-17(2)32(22-8-6-7-20(29)15-22)18(3)24(16)26-25(23-9-4-5-14-30-23)31-27(34)33(26)21-12-10-19(28)11-13-21/h4-15,25-26H,1-3H3,(H,31,34)/t25-,26-/m1/s1. The maximum atomic E-state index is 6.35. The van der Waals surface area contributed by atoms with Crippen molar-refractivity contribution in [2.45, 2.75) is 32.9 Å². The van der Waals surface area contributed by atoms with Crippen LogP contribution in [0.4, 0.5) is 5.69 Å². The molecule has 0 aliphatic carbocycles. The van der Waals surface area contributed by atoms with E-state index in [1.54, 1.807) is 0 Å².